The van der Waals surface area contributed by atoms with Gasteiger partial charge in [-0.15, -0.1) is 0 Å². The third-order valence-electron chi connectivity index (χ3n) is 2.44. The molecule has 1 N–H and O–H groups in total. The molecule has 86 valence electrons. The summed E-state index contributed by atoms with van der Waals surface area (Å²) in [5.74, 6) is 1.50. The van der Waals surface area contributed by atoms with Crippen molar-refractivity contribution >= 4 is 11.6 Å². The van der Waals surface area contributed by atoms with Gasteiger partial charge in [-0.25, -0.2) is 4.98 Å². The van der Waals surface area contributed by atoms with E-state index in [-0.39, 0.29) is 6.61 Å². The Labute approximate surface area is 93.6 Å². The monoisotopic (exact) mass is 221 g/mol. The van der Waals surface area contributed by atoms with Gasteiger partial charge in [-0.05, 0) is 13.8 Å². The van der Waals surface area contributed by atoms with E-state index in [1.54, 1.807) is 4.52 Å². The lowest BCUT2D eigenvalue weighted by molar-refractivity contribution is 0.302. The van der Waals surface area contributed by atoms with Crippen molar-refractivity contribution in [2.45, 2.75) is 13.8 Å². The van der Waals surface area contributed by atoms with Gasteiger partial charge in [-0.3, -0.25) is 0 Å². The maximum absolute atomic E-state index is 9.02. The third kappa shape index (κ3) is 1.83. The number of fused-ring (bicyclic) bond motifs is 1. The molecule has 0 bridgehead atoms. The van der Waals surface area contributed by atoms with Crippen LogP contribution in [-0.2, 0) is 0 Å². The average Bonchev–Trinajstić information content (AvgIpc) is 2.72. The molecule has 2 aromatic heterocycles. The molecule has 16 heavy (non-hydrogen) atoms. The van der Waals surface area contributed by atoms with Gasteiger partial charge in [-0.2, -0.15) is 14.6 Å². The van der Waals surface area contributed by atoms with Crippen molar-refractivity contribution in [1.82, 2.24) is 19.6 Å². The number of aliphatic hydroxyl groups excluding tert-OH is 1. The molecule has 2 rings (SSSR count). The maximum Gasteiger partial charge on any atom is 0.254 e. The molecule has 2 aromatic rings. The highest BCUT2D eigenvalue weighted by Gasteiger charge is 2.11. The molecule has 0 radical (unpaired) electrons. The molecule has 0 aliphatic rings. The average molecular weight is 221 g/mol. The summed E-state index contributed by atoms with van der Waals surface area (Å²) in [4.78, 5) is 10.4. The molecule has 0 atom stereocenters. The van der Waals surface area contributed by atoms with E-state index < -0.39 is 0 Å². The summed E-state index contributed by atoms with van der Waals surface area (Å²) in [5, 5.41) is 13.1. The highest BCUT2D eigenvalue weighted by atomic mass is 16.3. The van der Waals surface area contributed by atoms with Crippen LogP contribution in [0, 0.1) is 6.92 Å². The molecule has 6 heteroatoms. The molecule has 0 saturated carbocycles. The molecular weight excluding hydrogens is 206 g/mol. The number of aromatic nitrogens is 4. The zero-order valence-electron chi connectivity index (χ0n) is 9.46. The molecule has 0 aliphatic carbocycles. The van der Waals surface area contributed by atoms with Gasteiger partial charge in [0.15, 0.2) is 0 Å². The van der Waals surface area contributed by atoms with Gasteiger partial charge < -0.3 is 10.0 Å². The highest BCUT2D eigenvalue weighted by molar-refractivity contribution is 5.46. The molecule has 0 saturated heterocycles. The minimum atomic E-state index is 0.116. The first kappa shape index (κ1) is 10.8. The number of hydrogen-bond acceptors (Lipinski definition) is 5. The summed E-state index contributed by atoms with van der Waals surface area (Å²) < 4.78 is 1.69. The number of aliphatic hydroxyl groups is 1. The lowest BCUT2D eigenvalue weighted by Crippen LogP contribution is -2.28. The number of rotatable bonds is 4. The van der Waals surface area contributed by atoms with Gasteiger partial charge in [0.25, 0.3) is 5.78 Å². The Balaban J connectivity index is 2.52. The summed E-state index contributed by atoms with van der Waals surface area (Å²) in [6, 6.07) is 1.95. The lowest BCUT2D eigenvalue weighted by atomic mass is 10.4. The SMILES string of the molecule is CCN(CCO)c1cc(C)nc2ncnn12. The van der Waals surface area contributed by atoms with Crippen LogP contribution in [0.15, 0.2) is 12.4 Å². The van der Waals surface area contributed by atoms with Gasteiger partial charge in [0, 0.05) is 24.8 Å². The minimum Gasteiger partial charge on any atom is -0.395 e. The fourth-order valence-corrected chi connectivity index (χ4v) is 1.69. The minimum absolute atomic E-state index is 0.116. The Morgan fingerprint density at radius 1 is 1.50 bits per heavy atom. The maximum atomic E-state index is 9.02. The summed E-state index contributed by atoms with van der Waals surface area (Å²) in [5.41, 5.74) is 0.895. The van der Waals surface area contributed by atoms with E-state index in [1.165, 1.54) is 6.33 Å². The fourth-order valence-electron chi connectivity index (χ4n) is 1.69. The standard InChI is InChI=1S/C10H15N5O/c1-3-14(4-5-16)9-6-8(2)13-10-11-7-12-15(9)10/h6-7,16H,3-5H2,1-2H3. The Bertz CT molecular complexity index is 481. The van der Waals surface area contributed by atoms with Crippen molar-refractivity contribution < 1.29 is 5.11 Å². The van der Waals surface area contributed by atoms with Crippen LogP contribution in [0.5, 0.6) is 0 Å². The van der Waals surface area contributed by atoms with Crippen molar-refractivity contribution in [3.05, 3.63) is 18.1 Å². The highest BCUT2D eigenvalue weighted by Crippen LogP contribution is 2.15. The van der Waals surface area contributed by atoms with Crippen molar-refractivity contribution in [3.8, 4) is 0 Å². The van der Waals surface area contributed by atoms with Gasteiger partial charge in [0.2, 0.25) is 0 Å². The van der Waals surface area contributed by atoms with E-state index in [2.05, 4.69) is 15.1 Å². The molecule has 0 amide bonds. The number of likely N-dealkylation sites (N-methyl/N-ethyl adjacent to an activating group) is 1. The Morgan fingerprint density at radius 3 is 3.00 bits per heavy atom. The summed E-state index contributed by atoms with van der Waals surface area (Å²) in [6.07, 6.45) is 1.48. The molecule has 2 heterocycles. The lowest BCUT2D eigenvalue weighted by Gasteiger charge is -2.22. The van der Waals surface area contributed by atoms with Gasteiger partial charge >= 0.3 is 0 Å². The molecule has 0 spiro atoms. The number of anilines is 1. The molecular formula is C10H15N5O. The largest absolute Gasteiger partial charge is 0.395 e. The van der Waals surface area contributed by atoms with Crippen LogP contribution in [0.1, 0.15) is 12.6 Å². The number of hydrogen-bond donors (Lipinski definition) is 1. The topological polar surface area (TPSA) is 66.5 Å². The molecule has 0 unspecified atom stereocenters. The van der Waals surface area contributed by atoms with Gasteiger partial charge in [-0.1, -0.05) is 0 Å². The van der Waals surface area contributed by atoms with Crippen molar-refractivity contribution in [3.63, 3.8) is 0 Å². The first-order valence-corrected chi connectivity index (χ1v) is 5.29. The van der Waals surface area contributed by atoms with Crippen LogP contribution in [0.3, 0.4) is 0 Å². The Morgan fingerprint density at radius 2 is 2.31 bits per heavy atom. The van der Waals surface area contributed by atoms with Gasteiger partial charge in [0.1, 0.15) is 12.1 Å². The van der Waals surface area contributed by atoms with Gasteiger partial charge in [0.05, 0.1) is 6.61 Å². The zero-order valence-corrected chi connectivity index (χ0v) is 9.46. The van der Waals surface area contributed by atoms with E-state index in [0.29, 0.717) is 12.3 Å². The van der Waals surface area contributed by atoms with Crippen molar-refractivity contribution in [2.75, 3.05) is 24.6 Å². The zero-order chi connectivity index (χ0) is 11.5. The second-order valence-electron chi connectivity index (χ2n) is 3.53. The quantitative estimate of drug-likeness (QED) is 0.801. The normalized spacial score (nSPS) is 10.9. The van der Waals surface area contributed by atoms with Crippen molar-refractivity contribution in [1.29, 1.82) is 0 Å². The smallest absolute Gasteiger partial charge is 0.254 e. The predicted octanol–water partition coefficient (Wildman–Crippen LogP) is 0.251. The predicted molar refractivity (Wildman–Crippen MR) is 60.5 cm³/mol. The van der Waals surface area contributed by atoms with E-state index >= 15 is 0 Å². The molecule has 6 nitrogen and oxygen atoms in total. The summed E-state index contributed by atoms with van der Waals surface area (Å²) >= 11 is 0. The van der Waals surface area contributed by atoms with Crippen LogP contribution in [-0.4, -0.2) is 44.4 Å². The second kappa shape index (κ2) is 4.44. The van der Waals surface area contributed by atoms with E-state index in [9.17, 15) is 0 Å². The van der Waals surface area contributed by atoms with Crippen LogP contribution < -0.4 is 4.90 Å². The molecule has 0 fully saturated rings. The fraction of sp³-hybridized carbons (Fsp3) is 0.500. The van der Waals surface area contributed by atoms with Crippen LogP contribution in [0.25, 0.3) is 5.78 Å². The Kier molecular flexibility index (Phi) is 3.00. The number of aryl methyl sites for hydroxylation is 1. The van der Waals surface area contributed by atoms with Crippen LogP contribution >= 0.6 is 0 Å². The van der Waals surface area contributed by atoms with E-state index in [0.717, 1.165) is 18.1 Å². The molecule has 0 aromatic carbocycles. The first-order valence-electron chi connectivity index (χ1n) is 5.29. The third-order valence-corrected chi connectivity index (χ3v) is 2.44. The van der Waals surface area contributed by atoms with E-state index in [1.807, 2.05) is 24.8 Å². The van der Waals surface area contributed by atoms with Crippen LogP contribution in [0.4, 0.5) is 5.82 Å². The van der Waals surface area contributed by atoms with E-state index in [4.69, 9.17) is 5.11 Å². The summed E-state index contributed by atoms with van der Waals surface area (Å²) in [6.45, 7) is 5.46. The van der Waals surface area contributed by atoms with Crippen molar-refractivity contribution in [2.24, 2.45) is 0 Å². The molecule has 0 aliphatic heterocycles. The second-order valence-corrected chi connectivity index (χ2v) is 3.53. The first-order chi connectivity index (χ1) is 7.76. The number of nitrogens with zero attached hydrogens (tertiary/aromatic N) is 5. The van der Waals surface area contributed by atoms with Crippen LogP contribution in [0.2, 0.25) is 0 Å². The Hall–Kier alpha value is -1.69. The summed E-state index contributed by atoms with van der Waals surface area (Å²) in [7, 11) is 0.